The molecule has 0 aliphatic carbocycles. The van der Waals surface area contributed by atoms with Gasteiger partial charge < -0.3 is 5.32 Å². The van der Waals surface area contributed by atoms with Crippen molar-refractivity contribution < 1.29 is 13.2 Å². The van der Waals surface area contributed by atoms with Crippen molar-refractivity contribution in [3.63, 3.8) is 0 Å². The van der Waals surface area contributed by atoms with Gasteiger partial charge in [-0.1, -0.05) is 54.6 Å². The highest BCUT2D eigenvalue weighted by atomic mass is 32.2. The van der Waals surface area contributed by atoms with Crippen molar-refractivity contribution in [3.05, 3.63) is 101 Å². The summed E-state index contributed by atoms with van der Waals surface area (Å²) in [4.78, 5) is 12.4. The molecule has 0 aliphatic heterocycles. The molecular formula is C26H30N2O3S2. The third-order valence-electron chi connectivity index (χ3n) is 5.22. The molecule has 0 bridgehead atoms. The molecule has 0 atom stereocenters. The molecule has 0 fully saturated rings. The lowest BCUT2D eigenvalue weighted by Gasteiger charge is -2.25. The van der Waals surface area contributed by atoms with Crippen LogP contribution in [0, 0.1) is 13.8 Å². The third-order valence-corrected chi connectivity index (χ3v) is 7.38. The summed E-state index contributed by atoms with van der Waals surface area (Å²) in [6.45, 7) is 4.64. The zero-order valence-electron chi connectivity index (χ0n) is 19.2. The number of anilines is 1. The molecule has 0 aliphatic rings. The number of nitrogens with one attached hydrogen (secondary N) is 1. The maximum atomic E-state index is 12.5. The van der Waals surface area contributed by atoms with Crippen LogP contribution in [0.15, 0.2) is 72.8 Å². The molecule has 0 spiro atoms. The molecule has 33 heavy (non-hydrogen) atoms. The van der Waals surface area contributed by atoms with Crippen molar-refractivity contribution in [2.24, 2.45) is 0 Å². The first-order valence-electron chi connectivity index (χ1n) is 10.8. The first-order chi connectivity index (χ1) is 15.7. The number of amides is 1. The Labute approximate surface area is 201 Å². The highest BCUT2D eigenvalue weighted by Gasteiger charge is 2.20. The first-order valence-corrected chi connectivity index (χ1v) is 13.8. The maximum absolute atomic E-state index is 12.5. The molecule has 0 heterocycles. The molecule has 174 valence electrons. The van der Waals surface area contributed by atoms with Crippen molar-refractivity contribution >= 4 is 33.4 Å². The number of carbonyl (C=O) groups excluding carboxylic acids is 1. The summed E-state index contributed by atoms with van der Waals surface area (Å²) in [5.41, 5.74) is 5.21. The third kappa shape index (κ3) is 7.37. The average Bonchev–Trinajstić information content (AvgIpc) is 2.79. The van der Waals surface area contributed by atoms with Crippen LogP contribution in [0.3, 0.4) is 0 Å². The highest BCUT2D eigenvalue weighted by molar-refractivity contribution is 7.98. The van der Waals surface area contributed by atoms with E-state index in [2.05, 4.69) is 17.4 Å². The molecule has 5 nitrogen and oxygen atoms in total. The van der Waals surface area contributed by atoms with Gasteiger partial charge in [-0.05, 0) is 54.3 Å². The predicted molar refractivity (Wildman–Crippen MR) is 138 cm³/mol. The summed E-state index contributed by atoms with van der Waals surface area (Å²) < 4.78 is 26.4. The molecule has 1 N–H and O–H groups in total. The lowest BCUT2D eigenvalue weighted by molar-refractivity contribution is 0.0956. The van der Waals surface area contributed by atoms with E-state index in [0.29, 0.717) is 17.8 Å². The van der Waals surface area contributed by atoms with Crippen LogP contribution in [-0.4, -0.2) is 32.9 Å². The van der Waals surface area contributed by atoms with Gasteiger partial charge in [0, 0.05) is 23.6 Å². The Hall–Kier alpha value is -2.77. The Morgan fingerprint density at radius 2 is 1.64 bits per heavy atom. The number of hydrogen-bond donors (Lipinski definition) is 1. The van der Waals surface area contributed by atoms with Crippen LogP contribution in [-0.2, 0) is 22.3 Å². The van der Waals surface area contributed by atoms with E-state index in [4.69, 9.17) is 0 Å². The standard InChI is InChI=1S/C26H30N2O3S2/c1-20-9-10-21(2)25(17-20)28(33(3,30)31)18-22-11-13-24(14-12-22)26(29)27-15-16-32-19-23-7-5-4-6-8-23/h4-14,17H,15-16,18-19H2,1-3H3,(H,27,29). The number of benzene rings is 3. The largest absolute Gasteiger partial charge is 0.351 e. The topological polar surface area (TPSA) is 66.5 Å². The lowest BCUT2D eigenvalue weighted by atomic mass is 10.1. The number of carbonyl (C=O) groups is 1. The number of aryl methyl sites for hydroxylation is 2. The van der Waals surface area contributed by atoms with E-state index in [-0.39, 0.29) is 12.5 Å². The average molecular weight is 483 g/mol. The van der Waals surface area contributed by atoms with Gasteiger partial charge in [0.2, 0.25) is 10.0 Å². The van der Waals surface area contributed by atoms with Crippen molar-refractivity contribution in [1.82, 2.24) is 5.32 Å². The molecule has 3 aromatic carbocycles. The van der Waals surface area contributed by atoms with Crippen LogP contribution in [0.1, 0.15) is 32.6 Å². The van der Waals surface area contributed by atoms with E-state index in [0.717, 1.165) is 28.2 Å². The van der Waals surface area contributed by atoms with Crippen LogP contribution in [0.5, 0.6) is 0 Å². The summed E-state index contributed by atoms with van der Waals surface area (Å²) in [6, 6.07) is 23.1. The monoisotopic (exact) mass is 482 g/mol. The summed E-state index contributed by atoms with van der Waals surface area (Å²) >= 11 is 1.78. The second kappa shape index (κ2) is 11.4. The van der Waals surface area contributed by atoms with Gasteiger partial charge in [0.15, 0.2) is 0 Å². The van der Waals surface area contributed by atoms with E-state index in [1.807, 2.05) is 62.4 Å². The van der Waals surface area contributed by atoms with Crippen LogP contribution < -0.4 is 9.62 Å². The Morgan fingerprint density at radius 3 is 2.30 bits per heavy atom. The molecule has 0 radical (unpaired) electrons. The summed E-state index contributed by atoms with van der Waals surface area (Å²) in [7, 11) is -3.47. The van der Waals surface area contributed by atoms with E-state index >= 15 is 0 Å². The molecule has 0 saturated heterocycles. The molecule has 0 unspecified atom stereocenters. The summed E-state index contributed by atoms with van der Waals surface area (Å²) in [5.74, 6) is 1.62. The van der Waals surface area contributed by atoms with E-state index in [9.17, 15) is 13.2 Å². The van der Waals surface area contributed by atoms with Gasteiger partial charge in [0.1, 0.15) is 0 Å². The number of rotatable bonds is 10. The molecule has 0 aromatic heterocycles. The van der Waals surface area contributed by atoms with E-state index in [1.54, 1.807) is 23.9 Å². The second-order valence-corrected chi connectivity index (χ2v) is 11.1. The molecule has 3 rings (SSSR count). The smallest absolute Gasteiger partial charge is 0.251 e. The van der Waals surface area contributed by atoms with Crippen molar-refractivity contribution in [2.45, 2.75) is 26.1 Å². The van der Waals surface area contributed by atoms with Crippen molar-refractivity contribution in [1.29, 1.82) is 0 Å². The molecule has 3 aromatic rings. The normalized spacial score (nSPS) is 11.2. The first kappa shape index (κ1) is 24.9. The van der Waals surface area contributed by atoms with E-state index in [1.165, 1.54) is 16.1 Å². The van der Waals surface area contributed by atoms with Gasteiger partial charge in [0.25, 0.3) is 5.91 Å². The van der Waals surface area contributed by atoms with Gasteiger partial charge >= 0.3 is 0 Å². The lowest BCUT2D eigenvalue weighted by Crippen LogP contribution is -2.30. The summed E-state index contributed by atoms with van der Waals surface area (Å²) in [6.07, 6.45) is 1.21. The molecule has 1 amide bonds. The van der Waals surface area contributed by atoms with Gasteiger partial charge in [-0.3, -0.25) is 9.10 Å². The maximum Gasteiger partial charge on any atom is 0.251 e. The van der Waals surface area contributed by atoms with Crippen LogP contribution in [0.4, 0.5) is 5.69 Å². The SMILES string of the molecule is Cc1ccc(C)c(N(Cc2ccc(C(=O)NCCSCc3ccccc3)cc2)S(C)(=O)=O)c1. The van der Waals surface area contributed by atoms with Crippen LogP contribution in [0.25, 0.3) is 0 Å². The zero-order valence-corrected chi connectivity index (χ0v) is 20.9. The Morgan fingerprint density at radius 1 is 0.939 bits per heavy atom. The minimum atomic E-state index is -3.47. The molecule has 0 saturated carbocycles. The predicted octanol–water partition coefficient (Wildman–Crippen LogP) is 4.93. The van der Waals surface area contributed by atoms with E-state index < -0.39 is 10.0 Å². The van der Waals surface area contributed by atoms with Gasteiger partial charge in [-0.25, -0.2) is 8.42 Å². The van der Waals surface area contributed by atoms with Gasteiger partial charge in [0.05, 0.1) is 18.5 Å². The number of hydrogen-bond acceptors (Lipinski definition) is 4. The Kier molecular flexibility index (Phi) is 8.58. The van der Waals surface area contributed by atoms with Crippen molar-refractivity contribution in [2.75, 3.05) is 22.9 Å². The fourth-order valence-electron chi connectivity index (χ4n) is 3.40. The Bertz CT molecular complexity index is 1180. The van der Waals surface area contributed by atoms with Gasteiger partial charge in [-0.2, -0.15) is 11.8 Å². The van der Waals surface area contributed by atoms with Crippen molar-refractivity contribution in [3.8, 4) is 0 Å². The fourth-order valence-corrected chi connectivity index (χ4v) is 5.16. The highest BCUT2D eigenvalue weighted by Crippen LogP contribution is 2.26. The quantitative estimate of drug-likeness (QED) is 0.416. The Balaban J connectivity index is 1.57. The fraction of sp³-hybridized carbons (Fsp3) is 0.269. The minimum Gasteiger partial charge on any atom is -0.351 e. The molecular weight excluding hydrogens is 452 g/mol. The van der Waals surface area contributed by atoms with Crippen LogP contribution >= 0.6 is 11.8 Å². The molecule has 7 heteroatoms. The van der Waals surface area contributed by atoms with Crippen LogP contribution in [0.2, 0.25) is 0 Å². The second-order valence-electron chi connectivity index (χ2n) is 8.05. The number of thioether (sulfide) groups is 1. The zero-order chi connectivity index (χ0) is 23.8. The number of nitrogens with zero attached hydrogens (tertiary/aromatic N) is 1. The number of sulfonamides is 1. The van der Waals surface area contributed by atoms with Gasteiger partial charge in [-0.15, -0.1) is 0 Å². The minimum absolute atomic E-state index is 0.128. The summed E-state index contributed by atoms with van der Waals surface area (Å²) in [5, 5.41) is 2.94.